The maximum Gasteiger partial charge on any atom is 0.224 e. The average molecular weight is 430 g/mol. The van der Waals surface area contributed by atoms with Crippen LogP contribution in [0.3, 0.4) is 0 Å². The SMILES string of the molecule is CCc1nsc(N2CCN(C(=NC)NCCC(=O)N(C)Cc3ccccc3)CC2)n1. The second kappa shape index (κ2) is 10.9. The Labute approximate surface area is 182 Å². The fraction of sp³-hybridized carbons (Fsp3) is 0.524. The number of aryl methyl sites for hydroxylation is 1. The number of carbonyl (C=O) groups is 1. The van der Waals surface area contributed by atoms with Crippen molar-refractivity contribution in [1.29, 1.82) is 0 Å². The summed E-state index contributed by atoms with van der Waals surface area (Å²) in [6.07, 6.45) is 1.30. The molecule has 0 spiro atoms. The third-order valence-electron chi connectivity index (χ3n) is 5.15. The highest BCUT2D eigenvalue weighted by atomic mass is 32.1. The summed E-state index contributed by atoms with van der Waals surface area (Å²) in [6, 6.07) is 10.0. The predicted molar refractivity (Wildman–Crippen MR) is 122 cm³/mol. The van der Waals surface area contributed by atoms with Gasteiger partial charge < -0.3 is 20.0 Å². The maximum absolute atomic E-state index is 12.4. The standard InChI is InChI=1S/C21H31N7OS/c1-4-18-24-21(30-25-18)28-14-12-27(13-15-28)20(22-2)23-11-10-19(29)26(3)16-17-8-6-5-7-9-17/h5-9H,4,10-16H2,1-3H3,(H,22,23). The van der Waals surface area contributed by atoms with Crippen LogP contribution in [0.15, 0.2) is 35.3 Å². The third kappa shape index (κ3) is 5.91. The van der Waals surface area contributed by atoms with Crippen molar-refractivity contribution in [1.82, 2.24) is 24.5 Å². The maximum atomic E-state index is 12.4. The van der Waals surface area contributed by atoms with Gasteiger partial charge in [0.2, 0.25) is 11.0 Å². The molecule has 1 amide bonds. The Morgan fingerprint density at radius 2 is 1.97 bits per heavy atom. The van der Waals surface area contributed by atoms with E-state index in [1.807, 2.05) is 37.4 Å². The van der Waals surface area contributed by atoms with Crippen molar-refractivity contribution >= 4 is 28.5 Å². The molecule has 2 aromatic rings. The summed E-state index contributed by atoms with van der Waals surface area (Å²) in [7, 11) is 3.64. The van der Waals surface area contributed by atoms with Gasteiger partial charge in [-0.25, -0.2) is 4.98 Å². The number of aromatic nitrogens is 2. The minimum atomic E-state index is 0.120. The lowest BCUT2D eigenvalue weighted by molar-refractivity contribution is -0.130. The minimum absolute atomic E-state index is 0.120. The van der Waals surface area contributed by atoms with Gasteiger partial charge in [-0.1, -0.05) is 37.3 Å². The Hall–Kier alpha value is -2.68. The van der Waals surface area contributed by atoms with Crippen molar-refractivity contribution < 1.29 is 4.79 Å². The van der Waals surface area contributed by atoms with Gasteiger partial charge in [-0.05, 0) is 5.56 Å². The molecule has 1 N–H and O–H groups in total. The molecule has 0 bridgehead atoms. The molecule has 8 nitrogen and oxygen atoms in total. The van der Waals surface area contributed by atoms with Crippen LogP contribution in [0.1, 0.15) is 24.7 Å². The van der Waals surface area contributed by atoms with E-state index in [0.29, 0.717) is 19.5 Å². The van der Waals surface area contributed by atoms with Crippen LogP contribution in [-0.2, 0) is 17.8 Å². The quantitative estimate of drug-likeness (QED) is 0.535. The number of benzene rings is 1. The van der Waals surface area contributed by atoms with Gasteiger partial charge in [-0.2, -0.15) is 4.37 Å². The van der Waals surface area contributed by atoms with Gasteiger partial charge in [0, 0.05) is 77.7 Å². The zero-order valence-corrected chi connectivity index (χ0v) is 18.9. The molecule has 1 aliphatic rings. The highest BCUT2D eigenvalue weighted by Crippen LogP contribution is 2.19. The first kappa shape index (κ1) is 22.0. The van der Waals surface area contributed by atoms with Crippen molar-refractivity contribution in [3.8, 4) is 0 Å². The van der Waals surface area contributed by atoms with E-state index < -0.39 is 0 Å². The molecular formula is C21H31N7OS. The Morgan fingerprint density at radius 3 is 2.60 bits per heavy atom. The number of anilines is 1. The Balaban J connectivity index is 1.41. The Morgan fingerprint density at radius 1 is 1.23 bits per heavy atom. The second-order valence-electron chi connectivity index (χ2n) is 7.28. The van der Waals surface area contributed by atoms with E-state index in [1.165, 1.54) is 11.5 Å². The lowest BCUT2D eigenvalue weighted by Gasteiger charge is -2.36. The number of piperazine rings is 1. The van der Waals surface area contributed by atoms with E-state index in [0.717, 1.165) is 55.1 Å². The number of amides is 1. The molecule has 0 unspecified atom stereocenters. The molecule has 9 heteroatoms. The van der Waals surface area contributed by atoms with E-state index in [1.54, 1.807) is 11.9 Å². The zero-order chi connectivity index (χ0) is 21.3. The smallest absolute Gasteiger partial charge is 0.224 e. The van der Waals surface area contributed by atoms with Crippen molar-refractivity contribution in [3.05, 3.63) is 41.7 Å². The molecule has 1 aromatic heterocycles. The number of guanidine groups is 1. The number of carbonyl (C=O) groups excluding carboxylic acids is 1. The predicted octanol–water partition coefficient (Wildman–Crippen LogP) is 1.85. The van der Waals surface area contributed by atoms with Crippen molar-refractivity contribution in [2.45, 2.75) is 26.3 Å². The van der Waals surface area contributed by atoms with E-state index in [2.05, 4.69) is 36.4 Å². The number of hydrogen-bond acceptors (Lipinski definition) is 6. The van der Waals surface area contributed by atoms with Crippen LogP contribution in [0, 0.1) is 0 Å². The number of aliphatic imine (C=N–C) groups is 1. The molecule has 0 saturated carbocycles. The molecular weight excluding hydrogens is 398 g/mol. The first-order valence-electron chi connectivity index (χ1n) is 10.4. The number of nitrogens with one attached hydrogen (secondary N) is 1. The zero-order valence-electron chi connectivity index (χ0n) is 18.0. The van der Waals surface area contributed by atoms with Gasteiger partial charge in [0.15, 0.2) is 5.96 Å². The minimum Gasteiger partial charge on any atom is -0.356 e. The van der Waals surface area contributed by atoms with Crippen molar-refractivity contribution in [2.24, 2.45) is 4.99 Å². The van der Waals surface area contributed by atoms with Crippen LogP contribution in [0.2, 0.25) is 0 Å². The van der Waals surface area contributed by atoms with E-state index in [-0.39, 0.29) is 5.91 Å². The first-order chi connectivity index (χ1) is 14.6. The second-order valence-corrected chi connectivity index (χ2v) is 8.01. The summed E-state index contributed by atoms with van der Waals surface area (Å²) >= 11 is 1.47. The summed E-state index contributed by atoms with van der Waals surface area (Å²) in [5, 5.41) is 4.34. The van der Waals surface area contributed by atoms with Gasteiger partial charge in [0.1, 0.15) is 5.82 Å². The molecule has 30 heavy (non-hydrogen) atoms. The van der Waals surface area contributed by atoms with Crippen molar-refractivity contribution in [3.63, 3.8) is 0 Å². The number of nitrogens with zero attached hydrogens (tertiary/aromatic N) is 6. The molecule has 1 saturated heterocycles. The third-order valence-corrected chi connectivity index (χ3v) is 5.96. The lowest BCUT2D eigenvalue weighted by Crippen LogP contribution is -2.52. The van der Waals surface area contributed by atoms with Crippen LogP contribution >= 0.6 is 11.5 Å². The molecule has 1 aromatic carbocycles. The van der Waals surface area contributed by atoms with Crippen LogP contribution in [0.4, 0.5) is 5.13 Å². The fourth-order valence-electron chi connectivity index (χ4n) is 3.38. The van der Waals surface area contributed by atoms with Gasteiger partial charge in [-0.3, -0.25) is 9.79 Å². The van der Waals surface area contributed by atoms with Crippen LogP contribution in [-0.4, -0.2) is 77.8 Å². The van der Waals surface area contributed by atoms with E-state index in [9.17, 15) is 4.79 Å². The molecule has 162 valence electrons. The molecule has 2 heterocycles. The fourth-order valence-corrected chi connectivity index (χ4v) is 4.18. The molecule has 1 fully saturated rings. The van der Waals surface area contributed by atoms with Gasteiger partial charge in [-0.15, -0.1) is 0 Å². The highest BCUT2D eigenvalue weighted by Gasteiger charge is 2.22. The molecule has 0 aliphatic carbocycles. The normalized spacial score (nSPS) is 14.7. The van der Waals surface area contributed by atoms with E-state index >= 15 is 0 Å². The molecule has 1 aliphatic heterocycles. The summed E-state index contributed by atoms with van der Waals surface area (Å²) in [5.74, 6) is 1.88. The van der Waals surface area contributed by atoms with Gasteiger partial charge >= 0.3 is 0 Å². The van der Waals surface area contributed by atoms with Crippen LogP contribution in [0.25, 0.3) is 0 Å². The van der Waals surface area contributed by atoms with Gasteiger partial charge in [0.25, 0.3) is 0 Å². The van der Waals surface area contributed by atoms with Crippen molar-refractivity contribution in [2.75, 3.05) is 51.7 Å². The molecule has 0 radical (unpaired) electrons. The average Bonchev–Trinajstić information content (AvgIpc) is 3.27. The summed E-state index contributed by atoms with van der Waals surface area (Å²) in [6.45, 7) is 6.77. The molecule has 3 rings (SSSR count). The summed E-state index contributed by atoms with van der Waals surface area (Å²) < 4.78 is 4.38. The Kier molecular flexibility index (Phi) is 8.01. The largest absolute Gasteiger partial charge is 0.356 e. The van der Waals surface area contributed by atoms with Gasteiger partial charge in [0.05, 0.1) is 0 Å². The Bertz CT molecular complexity index is 831. The number of rotatable bonds is 7. The topological polar surface area (TPSA) is 77.0 Å². The monoisotopic (exact) mass is 429 g/mol. The number of hydrogen-bond donors (Lipinski definition) is 1. The first-order valence-corrected chi connectivity index (χ1v) is 11.2. The van der Waals surface area contributed by atoms with E-state index in [4.69, 9.17) is 0 Å². The van der Waals surface area contributed by atoms with Crippen LogP contribution in [0.5, 0.6) is 0 Å². The summed E-state index contributed by atoms with van der Waals surface area (Å²) in [4.78, 5) is 27.7. The summed E-state index contributed by atoms with van der Waals surface area (Å²) in [5.41, 5.74) is 1.14. The highest BCUT2D eigenvalue weighted by molar-refractivity contribution is 7.09. The van der Waals surface area contributed by atoms with Crippen LogP contribution < -0.4 is 10.2 Å². The molecule has 0 atom stereocenters. The lowest BCUT2D eigenvalue weighted by atomic mass is 10.2.